The van der Waals surface area contributed by atoms with Gasteiger partial charge in [0.2, 0.25) is 5.88 Å². The molecule has 0 radical (unpaired) electrons. The monoisotopic (exact) mass is 682 g/mol. The predicted octanol–water partition coefficient (Wildman–Crippen LogP) is 5.86. The first kappa shape index (κ1) is 30.6. The number of aryl methyl sites for hydroxylation is 2. The van der Waals surface area contributed by atoms with Crippen molar-refractivity contribution < 1.29 is 9.53 Å². The van der Waals surface area contributed by atoms with Gasteiger partial charge in [0.15, 0.2) is 0 Å². The summed E-state index contributed by atoms with van der Waals surface area (Å²) in [7, 11) is 3.25. The molecule has 2 fully saturated rings. The SMILES string of the molecule is COc1nc(-c2cccc(-c3cccc(Nc4nccc5cnn(C)c(=O)c45)c3Cl)c2Cl)cc2c1[C@H](N1CC[C@@]3(CNC(=O)N3)C1)CC2. The first-order chi connectivity index (χ1) is 23.2. The van der Waals surface area contributed by atoms with Gasteiger partial charge in [-0.1, -0.05) is 53.5 Å². The number of hydrogen-bond donors (Lipinski definition) is 3. The van der Waals surface area contributed by atoms with E-state index in [-0.39, 0.29) is 23.2 Å². The molecule has 5 aromatic rings. The third kappa shape index (κ3) is 5.04. The lowest BCUT2D eigenvalue weighted by molar-refractivity contribution is 0.219. The molecule has 3 aliphatic rings. The predicted molar refractivity (Wildman–Crippen MR) is 186 cm³/mol. The number of carbonyl (C=O) groups excluding carboxylic acids is 1. The van der Waals surface area contributed by atoms with Crippen LogP contribution in [0.25, 0.3) is 33.2 Å². The van der Waals surface area contributed by atoms with E-state index in [1.54, 1.807) is 32.6 Å². The number of nitrogens with zero attached hydrogens (tertiary/aromatic N) is 5. The molecule has 2 atom stereocenters. The van der Waals surface area contributed by atoms with Crippen LogP contribution in [0.5, 0.6) is 5.88 Å². The number of benzene rings is 2. The summed E-state index contributed by atoms with van der Waals surface area (Å²) in [5.41, 5.74) is 5.33. The van der Waals surface area contributed by atoms with Crippen molar-refractivity contribution >= 4 is 51.5 Å². The topological polar surface area (TPSA) is 126 Å². The summed E-state index contributed by atoms with van der Waals surface area (Å²) >= 11 is 14.2. The average molecular weight is 684 g/mol. The molecule has 3 N–H and O–H groups in total. The first-order valence-electron chi connectivity index (χ1n) is 15.8. The van der Waals surface area contributed by atoms with Crippen LogP contribution in [0.3, 0.4) is 0 Å². The normalized spacial score (nSPS) is 20.2. The number of nitrogens with one attached hydrogen (secondary N) is 3. The number of fused-ring (bicyclic) bond motifs is 2. The highest BCUT2D eigenvalue weighted by atomic mass is 35.5. The summed E-state index contributed by atoms with van der Waals surface area (Å²) < 4.78 is 7.18. The van der Waals surface area contributed by atoms with Gasteiger partial charge in [0, 0.05) is 66.6 Å². The number of amides is 2. The van der Waals surface area contributed by atoms with E-state index in [9.17, 15) is 9.59 Å². The summed E-state index contributed by atoms with van der Waals surface area (Å²) in [6.07, 6.45) is 5.99. The Morgan fingerprint density at radius 1 is 1.06 bits per heavy atom. The Hall–Kier alpha value is -4.71. The molecule has 48 heavy (non-hydrogen) atoms. The highest BCUT2D eigenvalue weighted by Gasteiger charge is 2.46. The number of rotatable bonds is 6. The number of pyridine rings is 2. The Balaban J connectivity index is 1.12. The van der Waals surface area contributed by atoms with Crippen LogP contribution in [0.15, 0.2) is 65.7 Å². The fraction of sp³-hybridized carbons (Fsp3) is 0.286. The van der Waals surface area contributed by atoms with E-state index < -0.39 is 0 Å². The van der Waals surface area contributed by atoms with Crippen molar-refractivity contribution in [3.63, 3.8) is 0 Å². The number of ether oxygens (including phenoxy) is 1. The number of likely N-dealkylation sites (tertiary alicyclic amines) is 1. The molecule has 5 heterocycles. The minimum absolute atomic E-state index is 0.0948. The van der Waals surface area contributed by atoms with Gasteiger partial charge in [-0.3, -0.25) is 9.69 Å². The fourth-order valence-corrected chi connectivity index (χ4v) is 8.00. The standard InChI is InChI=1S/C35H32Cl2N8O3/c1-44-33(46)28-20(16-40-44)11-13-38-31(28)41-24-8-4-6-22(30(24)37)21-5-3-7-23(29(21)36)25-15-19-9-10-26(27(19)32(42-25)48-2)45-14-12-35(18-45)17-39-34(47)43-35/h3-8,11,13,15-16,26H,9-10,12,14,17-18H2,1-2H3,(H,38,41)(H2,39,43,47)/t26-,35-/m1/s1. The van der Waals surface area contributed by atoms with E-state index in [1.807, 2.05) is 36.4 Å². The maximum Gasteiger partial charge on any atom is 0.315 e. The molecular formula is C35H32Cl2N8O3. The second-order valence-electron chi connectivity index (χ2n) is 12.6. The highest BCUT2D eigenvalue weighted by Crippen LogP contribution is 2.47. The van der Waals surface area contributed by atoms with Crippen LogP contribution in [0.2, 0.25) is 10.0 Å². The molecule has 0 unspecified atom stereocenters. The van der Waals surface area contributed by atoms with Gasteiger partial charge >= 0.3 is 6.03 Å². The van der Waals surface area contributed by atoms with Crippen LogP contribution < -0.4 is 26.2 Å². The number of urea groups is 1. The molecule has 2 aliphatic heterocycles. The van der Waals surface area contributed by atoms with Crippen LogP contribution in [-0.2, 0) is 13.5 Å². The molecule has 2 aromatic carbocycles. The minimum Gasteiger partial charge on any atom is -0.481 e. The van der Waals surface area contributed by atoms with Gasteiger partial charge in [0.25, 0.3) is 5.56 Å². The van der Waals surface area contributed by atoms with Crippen LogP contribution in [0.4, 0.5) is 16.3 Å². The van der Waals surface area contributed by atoms with Crippen LogP contribution in [0, 0.1) is 0 Å². The quantitative estimate of drug-likeness (QED) is 0.203. The fourth-order valence-electron chi connectivity index (χ4n) is 7.41. The van der Waals surface area contributed by atoms with Crippen molar-refractivity contribution in [2.75, 3.05) is 32.1 Å². The van der Waals surface area contributed by atoms with Crippen LogP contribution in [0.1, 0.15) is 30.0 Å². The summed E-state index contributed by atoms with van der Waals surface area (Å²) in [6.45, 7) is 2.32. The molecule has 1 aliphatic carbocycles. The smallest absolute Gasteiger partial charge is 0.315 e. The Kier molecular flexibility index (Phi) is 7.50. The van der Waals surface area contributed by atoms with E-state index in [1.165, 1.54) is 10.2 Å². The molecule has 13 heteroatoms. The molecule has 3 aromatic heterocycles. The largest absolute Gasteiger partial charge is 0.481 e. The number of anilines is 2. The summed E-state index contributed by atoms with van der Waals surface area (Å²) in [4.78, 5) is 36.7. The van der Waals surface area contributed by atoms with Gasteiger partial charge in [-0.15, -0.1) is 0 Å². The molecule has 1 spiro atoms. The van der Waals surface area contributed by atoms with Crippen molar-refractivity contribution in [3.05, 3.63) is 92.5 Å². The van der Waals surface area contributed by atoms with E-state index >= 15 is 0 Å². The van der Waals surface area contributed by atoms with Gasteiger partial charge in [-0.2, -0.15) is 5.10 Å². The van der Waals surface area contributed by atoms with Crippen molar-refractivity contribution in [1.82, 2.24) is 35.3 Å². The van der Waals surface area contributed by atoms with Crippen molar-refractivity contribution in [1.29, 1.82) is 0 Å². The molecule has 244 valence electrons. The number of carbonyl (C=O) groups is 1. The third-order valence-corrected chi connectivity index (χ3v) is 10.6. The summed E-state index contributed by atoms with van der Waals surface area (Å²) in [6, 6.07) is 15.4. The third-order valence-electron chi connectivity index (χ3n) is 9.79. The molecule has 2 saturated heterocycles. The molecule has 8 rings (SSSR count). The van der Waals surface area contributed by atoms with Gasteiger partial charge in [-0.25, -0.2) is 19.4 Å². The summed E-state index contributed by atoms with van der Waals surface area (Å²) in [5, 5.41) is 15.5. The van der Waals surface area contributed by atoms with E-state index in [4.69, 9.17) is 32.9 Å². The van der Waals surface area contributed by atoms with Crippen LogP contribution >= 0.6 is 23.2 Å². The van der Waals surface area contributed by atoms with Gasteiger partial charge in [0.05, 0.1) is 45.7 Å². The van der Waals surface area contributed by atoms with Gasteiger partial charge in [-0.05, 0) is 43.0 Å². The molecule has 0 saturated carbocycles. The van der Waals surface area contributed by atoms with E-state index in [2.05, 4.69) is 37.0 Å². The lowest BCUT2D eigenvalue weighted by Gasteiger charge is -2.28. The second kappa shape index (κ2) is 11.8. The lowest BCUT2D eigenvalue weighted by Crippen LogP contribution is -2.46. The first-order valence-corrected chi connectivity index (χ1v) is 16.5. The van der Waals surface area contributed by atoms with Crippen molar-refractivity contribution in [2.45, 2.75) is 30.8 Å². The van der Waals surface area contributed by atoms with Crippen LogP contribution in [-0.4, -0.2) is 63.0 Å². The van der Waals surface area contributed by atoms with E-state index in [0.29, 0.717) is 50.3 Å². The zero-order valence-corrected chi connectivity index (χ0v) is 27.8. The molecule has 2 amide bonds. The lowest BCUT2D eigenvalue weighted by atomic mass is 9.99. The summed E-state index contributed by atoms with van der Waals surface area (Å²) in [5.74, 6) is 0.977. The maximum absolute atomic E-state index is 12.9. The number of methoxy groups -OCH3 is 1. The molecule has 0 bridgehead atoms. The number of halogens is 2. The Labute approximate surface area is 286 Å². The second-order valence-corrected chi connectivity index (χ2v) is 13.4. The van der Waals surface area contributed by atoms with Gasteiger partial charge < -0.3 is 20.7 Å². The highest BCUT2D eigenvalue weighted by molar-refractivity contribution is 6.39. The van der Waals surface area contributed by atoms with Crippen molar-refractivity contribution in [2.24, 2.45) is 7.05 Å². The van der Waals surface area contributed by atoms with E-state index in [0.717, 1.165) is 54.7 Å². The Morgan fingerprint density at radius 2 is 1.85 bits per heavy atom. The number of hydrogen-bond acceptors (Lipinski definition) is 8. The zero-order valence-electron chi connectivity index (χ0n) is 26.3. The average Bonchev–Trinajstić information content (AvgIpc) is 3.81. The molecule has 11 nitrogen and oxygen atoms in total. The molecular weight excluding hydrogens is 651 g/mol. The number of aromatic nitrogens is 4. The Bertz CT molecular complexity index is 2190. The van der Waals surface area contributed by atoms with Gasteiger partial charge in [0.1, 0.15) is 5.82 Å². The minimum atomic E-state index is -0.265. The maximum atomic E-state index is 12.9. The Morgan fingerprint density at radius 3 is 2.65 bits per heavy atom. The van der Waals surface area contributed by atoms with Crippen molar-refractivity contribution in [3.8, 4) is 28.3 Å². The zero-order chi connectivity index (χ0) is 33.2.